The Bertz CT molecular complexity index is 754. The van der Waals surface area contributed by atoms with Gasteiger partial charge in [0.15, 0.2) is 0 Å². The molecule has 25 heavy (non-hydrogen) atoms. The number of hydrogen-bond acceptors (Lipinski definition) is 4. The Balaban J connectivity index is 0.00000225. The van der Waals surface area contributed by atoms with Crippen molar-refractivity contribution in [2.75, 3.05) is 29.7 Å². The Morgan fingerprint density at radius 3 is 2.56 bits per heavy atom. The number of hydrogen-bond donors (Lipinski definition) is 1. The maximum absolute atomic E-state index is 12.9. The van der Waals surface area contributed by atoms with Gasteiger partial charge in [-0.25, -0.2) is 8.42 Å². The second kappa shape index (κ2) is 7.51. The number of halogens is 1. The van der Waals surface area contributed by atoms with Crippen LogP contribution in [0.2, 0.25) is 0 Å². The number of carbonyl (C=O) groups excluding carboxylic acids is 1. The van der Waals surface area contributed by atoms with Crippen LogP contribution >= 0.6 is 12.4 Å². The molecule has 140 valence electrons. The third-order valence-corrected chi connectivity index (χ3v) is 6.99. The molecule has 0 aliphatic carbocycles. The number of sulfonamides is 1. The fourth-order valence-corrected chi connectivity index (χ4v) is 5.03. The van der Waals surface area contributed by atoms with Gasteiger partial charge in [-0.1, -0.05) is 0 Å². The Kier molecular flexibility index (Phi) is 6.01. The first-order valence-corrected chi connectivity index (χ1v) is 10.1. The molecule has 2 saturated heterocycles. The number of aryl methyl sites for hydroxylation is 1. The highest BCUT2D eigenvalue weighted by atomic mass is 35.5. The molecule has 0 radical (unpaired) electrons. The summed E-state index contributed by atoms with van der Waals surface area (Å²) in [6, 6.07) is 5.72. The van der Waals surface area contributed by atoms with Crippen LogP contribution in [0.15, 0.2) is 18.2 Å². The molecule has 2 atom stereocenters. The molecule has 2 aliphatic rings. The van der Waals surface area contributed by atoms with Crippen molar-refractivity contribution < 1.29 is 13.2 Å². The lowest BCUT2D eigenvalue weighted by molar-refractivity contribution is 0.0602. The van der Waals surface area contributed by atoms with E-state index < -0.39 is 10.0 Å². The second-order valence-corrected chi connectivity index (χ2v) is 8.74. The van der Waals surface area contributed by atoms with Gasteiger partial charge >= 0.3 is 0 Å². The topological polar surface area (TPSA) is 69.7 Å². The van der Waals surface area contributed by atoms with Gasteiger partial charge in [-0.2, -0.15) is 0 Å². The predicted molar refractivity (Wildman–Crippen MR) is 102 cm³/mol. The van der Waals surface area contributed by atoms with E-state index in [4.69, 9.17) is 0 Å². The minimum atomic E-state index is -3.20. The Labute approximate surface area is 156 Å². The second-order valence-electron chi connectivity index (χ2n) is 6.72. The number of carbonyl (C=O) groups is 1. The van der Waals surface area contributed by atoms with Crippen molar-refractivity contribution in [3.63, 3.8) is 0 Å². The first-order chi connectivity index (χ1) is 11.3. The highest BCUT2D eigenvalue weighted by molar-refractivity contribution is 7.93. The van der Waals surface area contributed by atoms with E-state index in [-0.39, 0.29) is 36.2 Å². The Hall–Kier alpha value is -1.31. The van der Waals surface area contributed by atoms with Crippen LogP contribution in [0.3, 0.4) is 0 Å². The van der Waals surface area contributed by atoms with Gasteiger partial charge < -0.3 is 10.2 Å². The fourth-order valence-electron chi connectivity index (χ4n) is 3.47. The zero-order valence-electron chi connectivity index (χ0n) is 14.9. The van der Waals surface area contributed by atoms with E-state index in [0.717, 1.165) is 12.1 Å². The highest BCUT2D eigenvalue weighted by Crippen LogP contribution is 2.27. The van der Waals surface area contributed by atoms with Gasteiger partial charge in [-0.05, 0) is 51.0 Å². The maximum Gasteiger partial charge on any atom is 0.254 e. The quantitative estimate of drug-likeness (QED) is 0.839. The van der Waals surface area contributed by atoms with Gasteiger partial charge in [0, 0.05) is 37.3 Å². The number of anilines is 1. The normalized spacial score (nSPS) is 25.6. The zero-order chi connectivity index (χ0) is 17.5. The van der Waals surface area contributed by atoms with Crippen molar-refractivity contribution in [2.24, 2.45) is 0 Å². The van der Waals surface area contributed by atoms with E-state index >= 15 is 0 Å². The van der Waals surface area contributed by atoms with Crippen molar-refractivity contribution >= 4 is 34.0 Å². The molecule has 1 N–H and O–H groups in total. The molecule has 6 nitrogen and oxygen atoms in total. The summed E-state index contributed by atoms with van der Waals surface area (Å²) >= 11 is 0. The molecule has 2 unspecified atom stereocenters. The summed E-state index contributed by atoms with van der Waals surface area (Å²) in [7, 11) is -3.20. The minimum Gasteiger partial charge on any atom is -0.333 e. The van der Waals surface area contributed by atoms with E-state index in [1.54, 1.807) is 12.1 Å². The SMILES string of the molecule is Cc1cc(N2CCCS2(=O)=O)ccc1C(=O)N1CCNC(C)C1C.Cl. The molecule has 0 aromatic heterocycles. The summed E-state index contributed by atoms with van der Waals surface area (Å²) in [5.74, 6) is 0.215. The largest absolute Gasteiger partial charge is 0.333 e. The summed E-state index contributed by atoms with van der Waals surface area (Å²) in [4.78, 5) is 14.8. The fraction of sp³-hybridized carbons (Fsp3) is 0.588. The van der Waals surface area contributed by atoms with Gasteiger partial charge in [-0.15, -0.1) is 12.4 Å². The van der Waals surface area contributed by atoms with Crippen molar-refractivity contribution in [3.05, 3.63) is 29.3 Å². The number of rotatable bonds is 2. The van der Waals surface area contributed by atoms with Gasteiger partial charge in [0.1, 0.15) is 0 Å². The summed E-state index contributed by atoms with van der Waals surface area (Å²) in [5.41, 5.74) is 2.12. The number of nitrogens with one attached hydrogen (secondary N) is 1. The summed E-state index contributed by atoms with van der Waals surface area (Å²) in [6.45, 7) is 8.00. The van der Waals surface area contributed by atoms with Gasteiger partial charge in [0.25, 0.3) is 5.91 Å². The molecule has 0 bridgehead atoms. The zero-order valence-corrected chi connectivity index (χ0v) is 16.5. The standard InChI is InChI=1S/C17H25N3O3S.ClH/c1-12-11-15(20-8-4-10-24(20,22)23)5-6-16(12)17(21)19-9-7-18-13(2)14(19)3;/h5-6,11,13-14,18H,4,7-10H2,1-3H3;1H. The average Bonchev–Trinajstić information content (AvgIpc) is 2.88. The van der Waals surface area contributed by atoms with Crippen LogP contribution in [-0.2, 0) is 10.0 Å². The molecule has 2 heterocycles. The molecule has 8 heteroatoms. The number of benzene rings is 1. The molecule has 1 aromatic rings. The van der Waals surface area contributed by atoms with Crippen LogP contribution in [-0.4, -0.2) is 56.7 Å². The van der Waals surface area contributed by atoms with Crippen LogP contribution in [0.25, 0.3) is 0 Å². The summed E-state index contributed by atoms with van der Waals surface area (Å²) in [6.07, 6.45) is 0.651. The number of amides is 1. The van der Waals surface area contributed by atoms with E-state index in [1.165, 1.54) is 4.31 Å². The average molecular weight is 388 g/mol. The van der Waals surface area contributed by atoms with E-state index in [9.17, 15) is 13.2 Å². The van der Waals surface area contributed by atoms with Crippen LogP contribution in [0.1, 0.15) is 36.2 Å². The molecular weight excluding hydrogens is 362 g/mol. The van der Waals surface area contributed by atoms with E-state index in [1.807, 2.05) is 17.9 Å². The molecular formula is C17H26ClN3O3S. The van der Waals surface area contributed by atoms with E-state index in [2.05, 4.69) is 19.2 Å². The molecule has 1 aromatic carbocycles. The Morgan fingerprint density at radius 1 is 1.24 bits per heavy atom. The Morgan fingerprint density at radius 2 is 1.96 bits per heavy atom. The molecule has 2 aliphatic heterocycles. The van der Waals surface area contributed by atoms with Crippen LogP contribution in [0.5, 0.6) is 0 Å². The monoisotopic (exact) mass is 387 g/mol. The molecule has 1 amide bonds. The number of piperazine rings is 1. The highest BCUT2D eigenvalue weighted by Gasteiger charge is 2.31. The molecule has 2 fully saturated rings. The molecule has 0 spiro atoms. The lowest BCUT2D eigenvalue weighted by Gasteiger charge is -2.39. The first-order valence-electron chi connectivity index (χ1n) is 8.46. The van der Waals surface area contributed by atoms with Crippen molar-refractivity contribution in [2.45, 2.75) is 39.3 Å². The van der Waals surface area contributed by atoms with Gasteiger partial charge in [-0.3, -0.25) is 9.10 Å². The van der Waals surface area contributed by atoms with Crippen molar-refractivity contribution in [3.8, 4) is 0 Å². The molecule has 0 saturated carbocycles. The molecule has 3 rings (SSSR count). The minimum absolute atomic E-state index is 0. The summed E-state index contributed by atoms with van der Waals surface area (Å²) in [5, 5.41) is 3.37. The maximum atomic E-state index is 12.9. The lowest BCUT2D eigenvalue weighted by Crippen LogP contribution is -2.57. The smallest absolute Gasteiger partial charge is 0.254 e. The van der Waals surface area contributed by atoms with Crippen LogP contribution in [0, 0.1) is 6.92 Å². The third-order valence-electron chi connectivity index (χ3n) is 5.12. The van der Waals surface area contributed by atoms with Gasteiger partial charge in [0.2, 0.25) is 10.0 Å². The third kappa shape index (κ3) is 3.78. The first kappa shape index (κ1) is 20.0. The van der Waals surface area contributed by atoms with Crippen molar-refractivity contribution in [1.82, 2.24) is 10.2 Å². The van der Waals surface area contributed by atoms with Crippen molar-refractivity contribution in [1.29, 1.82) is 0 Å². The predicted octanol–water partition coefficient (Wildman–Crippen LogP) is 1.78. The summed E-state index contributed by atoms with van der Waals surface area (Å²) < 4.78 is 25.6. The van der Waals surface area contributed by atoms with E-state index in [0.29, 0.717) is 30.8 Å². The lowest BCUT2D eigenvalue weighted by atomic mass is 10.0. The van der Waals surface area contributed by atoms with Crippen LogP contribution < -0.4 is 9.62 Å². The van der Waals surface area contributed by atoms with Crippen LogP contribution in [0.4, 0.5) is 5.69 Å². The number of nitrogens with zero attached hydrogens (tertiary/aromatic N) is 2. The van der Waals surface area contributed by atoms with Gasteiger partial charge in [0.05, 0.1) is 11.4 Å².